The van der Waals surface area contributed by atoms with Gasteiger partial charge in [0, 0.05) is 16.9 Å². The average Bonchev–Trinajstić information content (AvgIpc) is 3.01. The first-order valence-electron chi connectivity index (χ1n) is 8.09. The fourth-order valence-corrected chi connectivity index (χ4v) is 3.68. The first-order chi connectivity index (χ1) is 12.8. The maximum Gasteiger partial charge on any atom is 0.416 e. The van der Waals surface area contributed by atoms with Crippen molar-refractivity contribution < 1.29 is 22.7 Å². The summed E-state index contributed by atoms with van der Waals surface area (Å²) >= 11 is 1.45. The van der Waals surface area contributed by atoms with E-state index in [0.29, 0.717) is 23.2 Å². The minimum Gasteiger partial charge on any atom is -0.465 e. The third-order valence-corrected chi connectivity index (χ3v) is 5.01. The zero-order chi connectivity index (χ0) is 19.6. The van der Waals surface area contributed by atoms with E-state index in [0.717, 1.165) is 27.6 Å². The number of thiazole rings is 1. The molecule has 0 aliphatic heterocycles. The zero-order valence-electron chi connectivity index (χ0n) is 14.6. The molecule has 0 amide bonds. The van der Waals surface area contributed by atoms with Crippen molar-refractivity contribution in [2.45, 2.75) is 19.5 Å². The van der Waals surface area contributed by atoms with Gasteiger partial charge in [0.1, 0.15) is 0 Å². The van der Waals surface area contributed by atoms with Gasteiger partial charge in [-0.25, -0.2) is 9.78 Å². The molecule has 1 aromatic heterocycles. The molecule has 3 aromatic rings. The third-order valence-electron chi connectivity index (χ3n) is 4.03. The molecule has 0 bridgehead atoms. The van der Waals surface area contributed by atoms with Crippen LogP contribution in [0.2, 0.25) is 0 Å². The maximum absolute atomic E-state index is 12.9. The molecule has 27 heavy (non-hydrogen) atoms. The Labute approximate surface area is 158 Å². The Morgan fingerprint density at radius 1 is 1.15 bits per heavy atom. The maximum atomic E-state index is 12.9. The summed E-state index contributed by atoms with van der Waals surface area (Å²) in [7, 11) is 1.32. The first kappa shape index (κ1) is 19.1. The Morgan fingerprint density at radius 2 is 1.85 bits per heavy atom. The lowest BCUT2D eigenvalue weighted by Crippen LogP contribution is -2.04. The van der Waals surface area contributed by atoms with Gasteiger partial charge < -0.3 is 4.74 Å². The van der Waals surface area contributed by atoms with Crippen molar-refractivity contribution in [2.24, 2.45) is 0 Å². The minimum atomic E-state index is -4.38. The Morgan fingerprint density at radius 3 is 2.48 bits per heavy atom. The number of esters is 1. The molecular formula is C20H16F3NO2S. The molecule has 2 aromatic carbocycles. The van der Waals surface area contributed by atoms with Crippen LogP contribution in [-0.2, 0) is 17.3 Å². The summed E-state index contributed by atoms with van der Waals surface area (Å²) in [5.74, 6) is -0.404. The van der Waals surface area contributed by atoms with Crippen LogP contribution in [0.1, 0.15) is 31.4 Å². The lowest BCUT2D eigenvalue weighted by molar-refractivity contribution is -0.137. The quantitative estimate of drug-likeness (QED) is 0.550. The van der Waals surface area contributed by atoms with Crippen LogP contribution in [0.25, 0.3) is 11.3 Å². The number of alkyl halides is 3. The molecule has 7 heteroatoms. The van der Waals surface area contributed by atoms with Crippen LogP contribution in [0.15, 0.2) is 48.5 Å². The molecule has 0 saturated heterocycles. The normalized spacial score (nSPS) is 11.4. The van der Waals surface area contributed by atoms with Crippen molar-refractivity contribution in [3.05, 3.63) is 75.1 Å². The summed E-state index contributed by atoms with van der Waals surface area (Å²) in [4.78, 5) is 16.9. The van der Waals surface area contributed by atoms with E-state index in [9.17, 15) is 18.0 Å². The molecule has 1 heterocycles. The topological polar surface area (TPSA) is 39.2 Å². The van der Waals surface area contributed by atoms with E-state index in [4.69, 9.17) is 0 Å². The summed E-state index contributed by atoms with van der Waals surface area (Å²) < 4.78 is 43.5. The predicted octanol–water partition coefficient (Wildman–Crippen LogP) is 5.51. The van der Waals surface area contributed by atoms with E-state index < -0.39 is 17.7 Å². The summed E-state index contributed by atoms with van der Waals surface area (Å²) in [6, 6.07) is 12.2. The number of carbonyl (C=O) groups is 1. The van der Waals surface area contributed by atoms with E-state index in [1.165, 1.54) is 24.5 Å². The van der Waals surface area contributed by atoms with Crippen LogP contribution >= 0.6 is 11.3 Å². The molecule has 0 atom stereocenters. The Balaban J connectivity index is 1.84. The molecule has 0 saturated carbocycles. The number of hydrogen-bond donors (Lipinski definition) is 0. The molecular weight excluding hydrogens is 375 g/mol. The number of nitrogens with zero attached hydrogens (tertiary/aromatic N) is 1. The van der Waals surface area contributed by atoms with E-state index >= 15 is 0 Å². The van der Waals surface area contributed by atoms with Gasteiger partial charge in [0.2, 0.25) is 0 Å². The van der Waals surface area contributed by atoms with Crippen molar-refractivity contribution >= 4 is 17.3 Å². The highest BCUT2D eigenvalue weighted by molar-refractivity contribution is 7.12. The van der Waals surface area contributed by atoms with Gasteiger partial charge in [0.25, 0.3) is 0 Å². The number of aromatic nitrogens is 1. The molecule has 3 nitrogen and oxygen atoms in total. The highest BCUT2D eigenvalue weighted by Gasteiger charge is 2.30. The number of ether oxygens (including phenoxy) is 1. The van der Waals surface area contributed by atoms with Gasteiger partial charge in [-0.15, -0.1) is 11.3 Å². The van der Waals surface area contributed by atoms with E-state index in [2.05, 4.69) is 9.72 Å². The molecule has 0 unspecified atom stereocenters. The number of hydrogen-bond acceptors (Lipinski definition) is 4. The number of halogens is 3. The van der Waals surface area contributed by atoms with Crippen LogP contribution < -0.4 is 0 Å². The molecule has 3 rings (SSSR count). The van der Waals surface area contributed by atoms with Crippen molar-refractivity contribution in [1.82, 2.24) is 4.98 Å². The Kier molecular flexibility index (Phi) is 5.32. The van der Waals surface area contributed by atoms with Crippen molar-refractivity contribution in [3.8, 4) is 11.3 Å². The predicted molar refractivity (Wildman–Crippen MR) is 97.9 cm³/mol. The summed E-state index contributed by atoms with van der Waals surface area (Å²) in [6.45, 7) is 1.84. The number of carbonyl (C=O) groups excluding carboxylic acids is 1. The van der Waals surface area contributed by atoms with Crippen molar-refractivity contribution in [2.75, 3.05) is 7.11 Å². The van der Waals surface area contributed by atoms with Crippen LogP contribution in [-0.4, -0.2) is 18.1 Å². The number of benzene rings is 2. The summed E-state index contributed by atoms with van der Waals surface area (Å²) in [6.07, 6.45) is -3.85. The second-order valence-corrected chi connectivity index (χ2v) is 7.24. The van der Waals surface area contributed by atoms with Gasteiger partial charge in [0.05, 0.1) is 28.9 Å². The molecule has 0 fully saturated rings. The second-order valence-electron chi connectivity index (χ2n) is 5.96. The molecule has 140 valence electrons. The average molecular weight is 391 g/mol. The smallest absolute Gasteiger partial charge is 0.416 e. The highest BCUT2D eigenvalue weighted by Crippen LogP contribution is 2.34. The van der Waals surface area contributed by atoms with Gasteiger partial charge in [0.15, 0.2) is 0 Å². The van der Waals surface area contributed by atoms with Crippen LogP contribution in [0, 0.1) is 6.92 Å². The van der Waals surface area contributed by atoms with Gasteiger partial charge in [-0.05, 0) is 36.8 Å². The van der Waals surface area contributed by atoms with Gasteiger partial charge in [-0.3, -0.25) is 0 Å². The van der Waals surface area contributed by atoms with Crippen LogP contribution in [0.3, 0.4) is 0 Å². The summed E-state index contributed by atoms with van der Waals surface area (Å²) in [5, 5.41) is 0.797. The number of aryl methyl sites for hydroxylation is 1. The van der Waals surface area contributed by atoms with Gasteiger partial charge in [-0.1, -0.05) is 24.3 Å². The molecule has 0 aliphatic carbocycles. The summed E-state index contributed by atoms with van der Waals surface area (Å²) in [5.41, 5.74) is 1.73. The Hall–Kier alpha value is -2.67. The van der Waals surface area contributed by atoms with E-state index in [-0.39, 0.29) is 0 Å². The first-order valence-corrected chi connectivity index (χ1v) is 8.91. The number of methoxy groups -OCH3 is 1. The van der Waals surface area contributed by atoms with Gasteiger partial charge >= 0.3 is 12.1 Å². The SMILES string of the molecule is COC(=O)c1ccc(Cc2nc(-c3cccc(C(F)(F)F)c3)c(C)s2)cc1. The fourth-order valence-electron chi connectivity index (χ4n) is 2.69. The highest BCUT2D eigenvalue weighted by atomic mass is 32.1. The number of rotatable bonds is 4. The molecule has 0 aliphatic rings. The largest absolute Gasteiger partial charge is 0.465 e. The molecule has 0 radical (unpaired) electrons. The molecule has 0 N–H and O–H groups in total. The second kappa shape index (κ2) is 7.52. The standard InChI is InChI=1S/C20H16F3NO2S/c1-12-18(15-4-3-5-16(11-15)20(21,22)23)24-17(27-12)10-13-6-8-14(9-7-13)19(25)26-2/h3-9,11H,10H2,1-2H3. The van der Waals surface area contributed by atoms with Gasteiger partial charge in [-0.2, -0.15) is 13.2 Å². The van der Waals surface area contributed by atoms with E-state index in [1.807, 2.05) is 19.1 Å². The minimum absolute atomic E-state index is 0.404. The monoisotopic (exact) mass is 391 g/mol. The lowest BCUT2D eigenvalue weighted by atomic mass is 10.1. The van der Waals surface area contributed by atoms with Crippen LogP contribution in [0.5, 0.6) is 0 Å². The van der Waals surface area contributed by atoms with E-state index in [1.54, 1.807) is 18.2 Å². The van der Waals surface area contributed by atoms with Crippen molar-refractivity contribution in [1.29, 1.82) is 0 Å². The molecule has 0 spiro atoms. The lowest BCUT2D eigenvalue weighted by Gasteiger charge is -2.08. The zero-order valence-corrected chi connectivity index (χ0v) is 15.4. The Bertz CT molecular complexity index is 962. The third kappa shape index (κ3) is 4.36. The van der Waals surface area contributed by atoms with Crippen molar-refractivity contribution in [3.63, 3.8) is 0 Å². The van der Waals surface area contributed by atoms with Crippen LogP contribution in [0.4, 0.5) is 13.2 Å². The fraction of sp³-hybridized carbons (Fsp3) is 0.200.